The van der Waals surface area contributed by atoms with Crippen molar-refractivity contribution >= 4 is 19.6 Å². The van der Waals surface area contributed by atoms with Crippen LogP contribution in [0.4, 0.5) is 19.3 Å². The van der Waals surface area contributed by atoms with E-state index >= 15 is 0 Å². The molecule has 1 fully saturated rings. The summed E-state index contributed by atoms with van der Waals surface area (Å²) >= 11 is 0. The minimum atomic E-state index is -4.64. The second-order valence-electron chi connectivity index (χ2n) is 6.82. The Morgan fingerprint density at radius 3 is 2.47 bits per heavy atom. The monoisotopic (exact) mass is 500 g/mol. The molecule has 3 aromatic rings. The van der Waals surface area contributed by atoms with Gasteiger partial charge in [-0.25, -0.2) is 18.1 Å². The third-order valence-electron chi connectivity index (χ3n) is 4.45. The molecule has 1 saturated heterocycles. The number of rotatable bonds is 5. The lowest BCUT2D eigenvalue weighted by Crippen LogP contribution is -2.28. The molecular formula is C18H19F2N6O7P. The number of cyclic esters (lactones) is 1. The van der Waals surface area contributed by atoms with Crippen LogP contribution in [-0.2, 0) is 15.8 Å². The maximum atomic E-state index is 14.7. The first-order valence-corrected chi connectivity index (χ1v) is 11.2. The number of aliphatic hydroxyl groups is 1. The SMILES string of the molecule is CCn1nnc(-c2ccc(-c3ccc(N4CC(C(O)F)OC4=O)cc3F)cn2)n1.O=P(O)(O)O. The van der Waals surface area contributed by atoms with Crippen molar-refractivity contribution in [3.05, 3.63) is 42.3 Å². The van der Waals surface area contributed by atoms with Gasteiger partial charge in [0.15, 0.2) is 6.10 Å². The van der Waals surface area contributed by atoms with E-state index in [1.54, 1.807) is 12.1 Å². The molecule has 2 unspecified atom stereocenters. The lowest BCUT2D eigenvalue weighted by Gasteiger charge is -2.14. The highest BCUT2D eigenvalue weighted by Gasteiger charge is 2.37. The van der Waals surface area contributed by atoms with Crippen molar-refractivity contribution in [3.63, 3.8) is 0 Å². The Labute approximate surface area is 190 Å². The summed E-state index contributed by atoms with van der Waals surface area (Å²) in [5.74, 6) is -0.226. The molecule has 3 heterocycles. The quantitative estimate of drug-likeness (QED) is 0.370. The number of phosphoric acid groups is 1. The average Bonchev–Trinajstić information content (AvgIpc) is 3.39. The van der Waals surface area contributed by atoms with Crippen LogP contribution in [0.3, 0.4) is 0 Å². The van der Waals surface area contributed by atoms with Gasteiger partial charge in [0.1, 0.15) is 11.5 Å². The Hall–Kier alpha value is -3.36. The zero-order valence-electron chi connectivity index (χ0n) is 17.4. The number of carbonyl (C=O) groups is 1. The molecule has 1 aliphatic heterocycles. The standard InChI is InChI=1S/C18H16F2N6O3.H3O4P/c1-2-26-23-17(22-24-26)14-6-3-10(8-21-14)12-5-4-11(7-13(12)19)25-9-15(16(20)27)29-18(25)28;1-5(2,3)4/h3-8,15-16,27H,2,9H2,1H3;(H3,1,2,3,4). The van der Waals surface area contributed by atoms with Crippen molar-refractivity contribution in [1.82, 2.24) is 25.2 Å². The number of amides is 1. The second kappa shape index (κ2) is 10.3. The highest BCUT2D eigenvalue weighted by Crippen LogP contribution is 2.30. The smallest absolute Gasteiger partial charge is 0.438 e. The normalized spacial score (nSPS) is 16.6. The number of aliphatic hydroxyl groups excluding tert-OH is 1. The first-order valence-electron chi connectivity index (χ1n) is 9.59. The van der Waals surface area contributed by atoms with Crippen molar-refractivity contribution in [2.24, 2.45) is 0 Å². The number of aryl methyl sites for hydroxylation is 1. The maximum Gasteiger partial charge on any atom is 0.466 e. The van der Waals surface area contributed by atoms with Crippen LogP contribution in [0.15, 0.2) is 36.5 Å². The lowest BCUT2D eigenvalue weighted by atomic mass is 10.1. The highest BCUT2D eigenvalue weighted by molar-refractivity contribution is 7.45. The van der Waals surface area contributed by atoms with Crippen molar-refractivity contribution in [2.45, 2.75) is 25.9 Å². The predicted octanol–water partition coefficient (Wildman–Crippen LogP) is 1.25. The molecule has 2 atom stereocenters. The molecule has 0 radical (unpaired) electrons. The van der Waals surface area contributed by atoms with Crippen LogP contribution in [0.2, 0.25) is 0 Å². The molecule has 1 aromatic carbocycles. The average molecular weight is 500 g/mol. The van der Waals surface area contributed by atoms with Gasteiger partial charge in [0.25, 0.3) is 0 Å². The zero-order chi connectivity index (χ0) is 25.0. The van der Waals surface area contributed by atoms with Crippen LogP contribution in [-0.4, -0.2) is 70.1 Å². The molecule has 34 heavy (non-hydrogen) atoms. The van der Waals surface area contributed by atoms with Gasteiger partial charge < -0.3 is 24.5 Å². The Bertz CT molecular complexity index is 1200. The summed E-state index contributed by atoms with van der Waals surface area (Å²) in [6.07, 6.45) is -2.97. The van der Waals surface area contributed by atoms with Gasteiger partial charge >= 0.3 is 13.9 Å². The fourth-order valence-electron chi connectivity index (χ4n) is 2.91. The number of ether oxygens (including phenoxy) is 1. The number of hydrogen-bond acceptors (Lipinski definition) is 8. The number of pyridine rings is 1. The van der Waals surface area contributed by atoms with Crippen LogP contribution in [0, 0.1) is 5.82 Å². The van der Waals surface area contributed by atoms with Crippen molar-refractivity contribution in [1.29, 1.82) is 0 Å². The fraction of sp³-hybridized carbons (Fsp3) is 0.278. The Kier molecular flexibility index (Phi) is 7.64. The molecule has 4 rings (SSSR count). The van der Waals surface area contributed by atoms with E-state index in [9.17, 15) is 13.6 Å². The van der Waals surface area contributed by atoms with E-state index in [0.29, 0.717) is 23.6 Å². The number of carbonyl (C=O) groups excluding carboxylic acids is 1. The van der Waals surface area contributed by atoms with Crippen molar-refractivity contribution in [2.75, 3.05) is 11.4 Å². The van der Waals surface area contributed by atoms with E-state index in [1.807, 2.05) is 6.92 Å². The molecular weight excluding hydrogens is 481 g/mol. The molecule has 0 spiro atoms. The van der Waals surface area contributed by atoms with Gasteiger partial charge in [-0.3, -0.25) is 9.88 Å². The summed E-state index contributed by atoms with van der Waals surface area (Å²) in [7, 11) is -4.64. The number of benzene rings is 1. The van der Waals surface area contributed by atoms with Crippen LogP contribution >= 0.6 is 7.82 Å². The summed E-state index contributed by atoms with van der Waals surface area (Å²) in [6, 6.07) is 7.47. The molecule has 182 valence electrons. The van der Waals surface area contributed by atoms with Crippen molar-refractivity contribution in [3.8, 4) is 22.6 Å². The number of hydrogen-bond donors (Lipinski definition) is 4. The Balaban J connectivity index is 0.000000588. The number of tetrazole rings is 1. The van der Waals surface area contributed by atoms with Gasteiger partial charge in [-0.05, 0) is 36.4 Å². The summed E-state index contributed by atoms with van der Waals surface area (Å²) in [4.78, 5) is 40.1. The number of nitrogens with zero attached hydrogens (tertiary/aromatic N) is 6. The minimum Gasteiger partial charge on any atom is -0.438 e. The van der Waals surface area contributed by atoms with Gasteiger partial charge in [-0.2, -0.15) is 4.80 Å². The second-order valence-corrected chi connectivity index (χ2v) is 7.84. The largest absolute Gasteiger partial charge is 0.466 e. The van der Waals surface area contributed by atoms with Gasteiger partial charge in [0, 0.05) is 17.3 Å². The molecule has 2 aromatic heterocycles. The van der Waals surface area contributed by atoms with Crippen LogP contribution in [0.5, 0.6) is 0 Å². The highest BCUT2D eigenvalue weighted by atomic mass is 31.2. The predicted molar refractivity (Wildman–Crippen MR) is 111 cm³/mol. The molecule has 1 amide bonds. The Morgan fingerprint density at radius 2 is 1.97 bits per heavy atom. The fourth-order valence-corrected chi connectivity index (χ4v) is 2.91. The molecule has 13 nitrogen and oxygen atoms in total. The number of anilines is 1. The summed E-state index contributed by atoms with van der Waals surface area (Å²) in [6.45, 7) is 2.26. The number of alkyl halides is 1. The lowest BCUT2D eigenvalue weighted by molar-refractivity contribution is -0.0503. The van der Waals surface area contributed by atoms with Gasteiger partial charge in [0.2, 0.25) is 12.2 Å². The first kappa shape index (κ1) is 25.3. The van der Waals surface area contributed by atoms with Gasteiger partial charge in [0.05, 0.1) is 18.8 Å². The number of halogens is 2. The third kappa shape index (κ3) is 6.36. The van der Waals surface area contributed by atoms with Crippen LogP contribution in [0.1, 0.15) is 6.92 Å². The van der Waals surface area contributed by atoms with E-state index in [4.69, 9.17) is 29.1 Å². The third-order valence-corrected chi connectivity index (χ3v) is 4.45. The van der Waals surface area contributed by atoms with Crippen LogP contribution in [0.25, 0.3) is 22.6 Å². The first-order chi connectivity index (χ1) is 16.0. The van der Waals surface area contributed by atoms with Gasteiger partial charge in [-0.15, -0.1) is 10.2 Å². The molecule has 0 bridgehead atoms. The number of aromatic nitrogens is 5. The van der Waals surface area contributed by atoms with E-state index in [-0.39, 0.29) is 17.8 Å². The van der Waals surface area contributed by atoms with E-state index in [2.05, 4.69) is 20.4 Å². The van der Waals surface area contributed by atoms with Crippen LogP contribution < -0.4 is 4.90 Å². The van der Waals surface area contributed by atoms with Crippen molar-refractivity contribution < 1.29 is 42.7 Å². The molecule has 4 N–H and O–H groups in total. The van der Waals surface area contributed by atoms with E-state index in [0.717, 1.165) is 11.0 Å². The summed E-state index contributed by atoms with van der Waals surface area (Å²) in [5.41, 5.74) is 1.49. The molecule has 0 saturated carbocycles. The Morgan fingerprint density at radius 1 is 1.26 bits per heavy atom. The zero-order valence-corrected chi connectivity index (χ0v) is 18.3. The van der Waals surface area contributed by atoms with E-state index in [1.165, 1.54) is 23.1 Å². The molecule has 16 heteroatoms. The summed E-state index contributed by atoms with van der Waals surface area (Å²) < 4.78 is 41.2. The topological polar surface area (TPSA) is 184 Å². The van der Waals surface area contributed by atoms with E-state index < -0.39 is 32.2 Å². The molecule has 1 aliphatic rings. The maximum absolute atomic E-state index is 14.7. The summed E-state index contributed by atoms with van der Waals surface area (Å²) in [5, 5.41) is 20.9. The molecule has 0 aliphatic carbocycles. The van der Waals surface area contributed by atoms with Gasteiger partial charge in [-0.1, -0.05) is 6.07 Å². The minimum absolute atomic E-state index is 0.198.